The van der Waals surface area contributed by atoms with E-state index in [0.717, 1.165) is 29.5 Å². The number of hydrogen-bond donors (Lipinski definition) is 0. The van der Waals surface area contributed by atoms with E-state index in [1.807, 2.05) is 41.0 Å². The third-order valence-corrected chi connectivity index (χ3v) is 7.43. The minimum Gasteiger partial charge on any atom is -0.332 e. The van der Waals surface area contributed by atoms with Gasteiger partial charge in [-0.05, 0) is 64.2 Å². The molecule has 1 aliphatic carbocycles. The van der Waals surface area contributed by atoms with E-state index in [1.165, 1.54) is 23.3 Å². The Morgan fingerprint density at radius 1 is 1.00 bits per heavy atom. The van der Waals surface area contributed by atoms with Crippen LogP contribution in [0.15, 0.2) is 29.6 Å². The summed E-state index contributed by atoms with van der Waals surface area (Å²) in [6.07, 6.45) is 4.54. The fourth-order valence-corrected chi connectivity index (χ4v) is 5.61. The van der Waals surface area contributed by atoms with Crippen molar-refractivity contribution in [3.63, 3.8) is 0 Å². The van der Waals surface area contributed by atoms with Gasteiger partial charge in [0.25, 0.3) is 11.8 Å². The molecule has 0 bridgehead atoms. The molecule has 0 saturated carbocycles. The van der Waals surface area contributed by atoms with Gasteiger partial charge in [0.15, 0.2) is 0 Å². The molecule has 4 rings (SSSR count). The van der Waals surface area contributed by atoms with Crippen LogP contribution >= 0.6 is 11.3 Å². The van der Waals surface area contributed by atoms with Crippen LogP contribution in [0.1, 0.15) is 63.4 Å². The number of piperazine rings is 1. The van der Waals surface area contributed by atoms with E-state index in [2.05, 4.69) is 19.2 Å². The molecule has 2 atom stereocenters. The molecule has 0 radical (unpaired) electrons. The van der Waals surface area contributed by atoms with Gasteiger partial charge in [-0.15, -0.1) is 11.3 Å². The predicted octanol–water partition coefficient (Wildman–Crippen LogP) is 4.31. The maximum Gasteiger partial charge on any atom is 0.255 e. The van der Waals surface area contributed by atoms with Crippen LogP contribution in [-0.2, 0) is 12.8 Å². The lowest BCUT2D eigenvalue weighted by atomic mass is 9.94. The van der Waals surface area contributed by atoms with Crippen molar-refractivity contribution in [3.05, 3.63) is 56.8 Å². The van der Waals surface area contributed by atoms with Crippen LogP contribution in [0.5, 0.6) is 0 Å². The number of carbonyl (C=O) groups excluding carboxylic acids is 2. The lowest BCUT2D eigenvalue weighted by molar-refractivity contribution is 0.0240. The fraction of sp³-hybridized carbons (Fsp3) is 0.478. The van der Waals surface area contributed by atoms with E-state index in [1.54, 1.807) is 11.3 Å². The first kappa shape index (κ1) is 19.2. The van der Waals surface area contributed by atoms with Crippen molar-refractivity contribution >= 4 is 23.2 Å². The molecule has 1 aromatic carbocycles. The van der Waals surface area contributed by atoms with E-state index in [-0.39, 0.29) is 23.9 Å². The first-order valence-electron chi connectivity index (χ1n) is 10.2. The Kier molecular flexibility index (Phi) is 5.28. The molecule has 1 aliphatic heterocycles. The molecule has 0 N–H and O–H groups in total. The van der Waals surface area contributed by atoms with Gasteiger partial charge in [0.05, 0.1) is 5.56 Å². The molecule has 0 spiro atoms. The number of rotatable bonds is 2. The number of nitrogens with zero attached hydrogens (tertiary/aromatic N) is 2. The Balaban J connectivity index is 1.52. The summed E-state index contributed by atoms with van der Waals surface area (Å²) in [5.74, 6) is 0.199. The molecule has 1 saturated heterocycles. The maximum atomic E-state index is 13.3. The average Bonchev–Trinajstić information content (AvgIpc) is 3.13. The molecule has 0 unspecified atom stereocenters. The summed E-state index contributed by atoms with van der Waals surface area (Å²) >= 11 is 1.74. The molecule has 28 heavy (non-hydrogen) atoms. The van der Waals surface area contributed by atoms with Crippen LogP contribution in [0.25, 0.3) is 0 Å². The van der Waals surface area contributed by atoms with Crippen LogP contribution < -0.4 is 0 Å². The minimum absolute atomic E-state index is 0.00542. The molecule has 2 aromatic rings. The van der Waals surface area contributed by atoms with Gasteiger partial charge in [-0.25, -0.2) is 0 Å². The maximum absolute atomic E-state index is 13.3. The number of aryl methyl sites for hydroxylation is 2. The molecule has 5 heteroatoms. The molecule has 148 valence electrons. The molecular formula is C23H28N2O2S. The van der Waals surface area contributed by atoms with Crippen molar-refractivity contribution < 1.29 is 9.59 Å². The second-order valence-electron chi connectivity index (χ2n) is 8.11. The predicted molar refractivity (Wildman–Crippen MR) is 113 cm³/mol. The number of thiophene rings is 1. The van der Waals surface area contributed by atoms with Crippen molar-refractivity contribution in [1.29, 1.82) is 0 Å². The van der Waals surface area contributed by atoms with Gasteiger partial charge in [0.2, 0.25) is 0 Å². The summed E-state index contributed by atoms with van der Waals surface area (Å²) < 4.78 is 0. The van der Waals surface area contributed by atoms with Gasteiger partial charge in [-0.2, -0.15) is 0 Å². The van der Waals surface area contributed by atoms with E-state index in [4.69, 9.17) is 0 Å². The number of amides is 2. The van der Waals surface area contributed by atoms with E-state index < -0.39 is 0 Å². The smallest absolute Gasteiger partial charge is 0.255 e. The molecule has 4 nitrogen and oxygen atoms in total. The summed E-state index contributed by atoms with van der Waals surface area (Å²) in [6.45, 7) is 7.29. The average molecular weight is 397 g/mol. The van der Waals surface area contributed by atoms with Crippen molar-refractivity contribution in [2.24, 2.45) is 0 Å². The van der Waals surface area contributed by atoms with Crippen molar-refractivity contribution in [3.8, 4) is 0 Å². The molecule has 2 amide bonds. The number of hydrogen-bond acceptors (Lipinski definition) is 3. The van der Waals surface area contributed by atoms with Crippen LogP contribution in [0.2, 0.25) is 0 Å². The standard InChI is InChI=1S/C23H28N2O2S/c1-15-7-6-8-18(13-15)22(26)24-11-12-25(17(3)16(24)2)23(27)20-14-28-21-10-5-4-9-19(20)21/h6-8,13-14,16-17H,4-5,9-12H2,1-3H3/t16-,17-/m1/s1. The summed E-state index contributed by atoms with van der Waals surface area (Å²) in [5, 5.41) is 2.06. The van der Waals surface area contributed by atoms with Gasteiger partial charge in [-0.3, -0.25) is 9.59 Å². The van der Waals surface area contributed by atoms with Crippen LogP contribution in [0, 0.1) is 6.92 Å². The third-order valence-electron chi connectivity index (χ3n) is 6.34. The largest absolute Gasteiger partial charge is 0.332 e. The van der Waals surface area contributed by atoms with Crippen LogP contribution in [0.4, 0.5) is 0 Å². The number of fused-ring (bicyclic) bond motifs is 1. The highest BCUT2D eigenvalue weighted by molar-refractivity contribution is 7.10. The Bertz CT molecular complexity index is 904. The van der Waals surface area contributed by atoms with Crippen LogP contribution in [-0.4, -0.2) is 46.8 Å². The Morgan fingerprint density at radius 2 is 1.68 bits per heavy atom. The number of carbonyl (C=O) groups is 2. The first-order chi connectivity index (χ1) is 13.5. The monoisotopic (exact) mass is 396 g/mol. The Morgan fingerprint density at radius 3 is 2.39 bits per heavy atom. The summed E-state index contributed by atoms with van der Waals surface area (Å²) in [5.41, 5.74) is 3.99. The molecular weight excluding hydrogens is 368 g/mol. The van der Waals surface area contributed by atoms with Crippen LogP contribution in [0.3, 0.4) is 0 Å². The second-order valence-corrected chi connectivity index (χ2v) is 9.07. The quantitative estimate of drug-likeness (QED) is 0.759. The second kappa shape index (κ2) is 7.70. The highest BCUT2D eigenvalue weighted by atomic mass is 32.1. The lowest BCUT2D eigenvalue weighted by Crippen LogP contribution is -2.60. The lowest BCUT2D eigenvalue weighted by Gasteiger charge is -2.45. The highest BCUT2D eigenvalue weighted by Gasteiger charge is 2.37. The topological polar surface area (TPSA) is 40.6 Å². The zero-order valence-electron chi connectivity index (χ0n) is 16.9. The van der Waals surface area contributed by atoms with E-state index in [9.17, 15) is 9.59 Å². The highest BCUT2D eigenvalue weighted by Crippen LogP contribution is 2.32. The van der Waals surface area contributed by atoms with Gasteiger partial charge in [0.1, 0.15) is 0 Å². The zero-order chi connectivity index (χ0) is 19.8. The van der Waals surface area contributed by atoms with E-state index in [0.29, 0.717) is 13.1 Å². The van der Waals surface area contributed by atoms with E-state index >= 15 is 0 Å². The molecule has 1 fully saturated rings. The molecule has 2 heterocycles. The third kappa shape index (κ3) is 3.37. The minimum atomic E-state index is -0.0137. The SMILES string of the molecule is Cc1cccc(C(=O)N2CCN(C(=O)c3csc4c3CCCC4)[C@H](C)[C@H]2C)c1. The molecule has 2 aliphatic rings. The summed E-state index contributed by atoms with van der Waals surface area (Å²) in [6, 6.07) is 7.72. The van der Waals surface area contributed by atoms with Gasteiger partial charge in [0, 0.05) is 41.0 Å². The van der Waals surface area contributed by atoms with Crippen molar-refractivity contribution in [2.45, 2.75) is 58.5 Å². The summed E-state index contributed by atoms with van der Waals surface area (Å²) in [4.78, 5) is 31.6. The van der Waals surface area contributed by atoms with Gasteiger partial charge in [-0.1, -0.05) is 17.7 Å². The normalized spacial score (nSPS) is 22.1. The van der Waals surface area contributed by atoms with Gasteiger partial charge < -0.3 is 9.80 Å². The van der Waals surface area contributed by atoms with Crippen molar-refractivity contribution in [1.82, 2.24) is 9.80 Å². The van der Waals surface area contributed by atoms with Crippen molar-refractivity contribution in [2.75, 3.05) is 13.1 Å². The summed E-state index contributed by atoms with van der Waals surface area (Å²) in [7, 11) is 0. The zero-order valence-corrected chi connectivity index (χ0v) is 17.7. The first-order valence-corrected chi connectivity index (χ1v) is 11.1. The Hall–Kier alpha value is -2.14. The van der Waals surface area contributed by atoms with Gasteiger partial charge >= 0.3 is 0 Å². The fourth-order valence-electron chi connectivity index (χ4n) is 4.49. The molecule has 1 aromatic heterocycles. The Labute approximate surface area is 171 Å². The number of benzene rings is 1.